The van der Waals surface area contributed by atoms with Gasteiger partial charge in [0.15, 0.2) is 0 Å². The van der Waals surface area contributed by atoms with E-state index in [1.807, 2.05) is 0 Å². The van der Waals surface area contributed by atoms with Gasteiger partial charge < -0.3 is 5.11 Å². The number of carbonyl (C=O) groups is 1. The van der Waals surface area contributed by atoms with Gasteiger partial charge in [-0.05, 0) is 50.5 Å². The zero-order valence-electron chi connectivity index (χ0n) is 11.1. The Hall–Kier alpha value is -1.17. The van der Waals surface area contributed by atoms with Crippen LogP contribution in [0.5, 0.6) is 0 Å². The quantitative estimate of drug-likeness (QED) is 0.908. The van der Waals surface area contributed by atoms with Crippen LogP contribution >= 0.6 is 11.8 Å². The fraction of sp³-hybridized carbons (Fsp3) is 0.500. The first-order valence-corrected chi connectivity index (χ1v) is 7.08. The number of aliphatic carboxylic acids is 1. The Morgan fingerprint density at radius 3 is 2.60 bits per heavy atom. The van der Waals surface area contributed by atoms with Crippen LogP contribution < -0.4 is 0 Å². The average Bonchev–Trinajstić information content (AvgIpc) is 2.67. The first-order chi connectivity index (χ1) is 9.09. The predicted molar refractivity (Wildman–Crippen MR) is 70.8 cm³/mol. The van der Waals surface area contributed by atoms with Crippen molar-refractivity contribution < 1.29 is 23.1 Å². The third kappa shape index (κ3) is 3.11. The number of hydrogen-bond acceptors (Lipinski definition) is 2. The lowest BCUT2D eigenvalue weighted by molar-refractivity contribution is -0.147. The van der Waals surface area contributed by atoms with Crippen LogP contribution in [0.25, 0.3) is 0 Å². The Balaban J connectivity index is 2.14. The van der Waals surface area contributed by atoms with Crippen LogP contribution in [-0.4, -0.2) is 16.3 Å². The molecule has 0 aliphatic carbocycles. The Bertz CT molecular complexity index is 538. The van der Waals surface area contributed by atoms with Crippen LogP contribution in [0.1, 0.15) is 31.4 Å². The van der Waals surface area contributed by atoms with Crippen LogP contribution in [0.3, 0.4) is 0 Å². The molecule has 1 atom stereocenters. The predicted octanol–water partition coefficient (Wildman–Crippen LogP) is 4.22. The largest absolute Gasteiger partial charge is 0.481 e. The standard InChI is InChI=1S/C14H15F3O2S/c1-13(2,12(18)19)7-10-6-8-5-9(14(15,16)17)3-4-11(8)20-10/h3-5,10H,6-7H2,1-2H3,(H,18,19). The molecule has 0 saturated heterocycles. The number of carboxylic acid groups (broad SMARTS) is 1. The molecule has 2 nitrogen and oxygen atoms in total. The van der Waals surface area contributed by atoms with Gasteiger partial charge >= 0.3 is 12.1 Å². The van der Waals surface area contributed by atoms with E-state index in [-0.39, 0.29) is 5.25 Å². The molecule has 0 spiro atoms. The van der Waals surface area contributed by atoms with Gasteiger partial charge in [0.25, 0.3) is 0 Å². The van der Waals surface area contributed by atoms with Crippen LogP contribution in [-0.2, 0) is 17.4 Å². The van der Waals surface area contributed by atoms with E-state index in [2.05, 4.69) is 0 Å². The molecule has 2 rings (SSSR count). The summed E-state index contributed by atoms with van der Waals surface area (Å²) in [5.41, 5.74) is -0.849. The Morgan fingerprint density at radius 2 is 2.05 bits per heavy atom. The minimum Gasteiger partial charge on any atom is -0.481 e. The zero-order valence-corrected chi connectivity index (χ0v) is 11.9. The van der Waals surface area contributed by atoms with E-state index in [0.29, 0.717) is 18.4 Å². The Kier molecular flexibility index (Phi) is 3.79. The molecule has 0 aromatic heterocycles. The molecule has 1 unspecified atom stereocenters. The second-order valence-corrected chi connectivity index (χ2v) is 7.00. The van der Waals surface area contributed by atoms with E-state index in [4.69, 9.17) is 5.11 Å². The van der Waals surface area contributed by atoms with E-state index in [9.17, 15) is 18.0 Å². The fourth-order valence-electron chi connectivity index (χ4n) is 2.27. The van der Waals surface area contributed by atoms with Crippen molar-refractivity contribution in [3.05, 3.63) is 29.3 Å². The molecule has 6 heteroatoms. The van der Waals surface area contributed by atoms with Gasteiger partial charge in [-0.15, -0.1) is 11.8 Å². The highest BCUT2D eigenvalue weighted by atomic mass is 32.2. The zero-order chi connectivity index (χ0) is 15.1. The molecule has 20 heavy (non-hydrogen) atoms. The number of carboxylic acids is 1. The summed E-state index contributed by atoms with van der Waals surface area (Å²) in [6.07, 6.45) is -3.41. The van der Waals surface area contributed by atoms with Gasteiger partial charge in [-0.25, -0.2) is 0 Å². The van der Waals surface area contributed by atoms with Crippen molar-refractivity contribution in [1.82, 2.24) is 0 Å². The summed E-state index contributed by atoms with van der Waals surface area (Å²) in [6.45, 7) is 3.28. The molecular formula is C14H15F3O2S. The van der Waals surface area contributed by atoms with Gasteiger partial charge in [-0.2, -0.15) is 13.2 Å². The number of fused-ring (bicyclic) bond motifs is 1. The summed E-state index contributed by atoms with van der Waals surface area (Å²) in [4.78, 5) is 11.9. The van der Waals surface area contributed by atoms with Gasteiger partial charge in [0.05, 0.1) is 11.0 Å². The number of thioether (sulfide) groups is 1. The van der Waals surface area contributed by atoms with Crippen LogP contribution in [0, 0.1) is 5.41 Å². The molecule has 0 radical (unpaired) electrons. The van der Waals surface area contributed by atoms with Gasteiger partial charge in [0.2, 0.25) is 0 Å². The highest BCUT2D eigenvalue weighted by Gasteiger charge is 2.36. The molecule has 0 amide bonds. The molecule has 1 aliphatic heterocycles. The van der Waals surface area contributed by atoms with Crippen molar-refractivity contribution in [2.75, 3.05) is 0 Å². The molecule has 0 saturated carbocycles. The van der Waals surface area contributed by atoms with Gasteiger partial charge in [0.1, 0.15) is 0 Å². The molecule has 1 aliphatic rings. The smallest absolute Gasteiger partial charge is 0.416 e. The molecule has 1 heterocycles. The Labute approximate surface area is 119 Å². The third-order valence-electron chi connectivity index (χ3n) is 3.45. The summed E-state index contributed by atoms with van der Waals surface area (Å²) in [5.74, 6) is -0.884. The summed E-state index contributed by atoms with van der Waals surface area (Å²) in [7, 11) is 0. The monoisotopic (exact) mass is 304 g/mol. The topological polar surface area (TPSA) is 37.3 Å². The number of halogens is 3. The maximum atomic E-state index is 12.6. The van der Waals surface area contributed by atoms with E-state index in [1.54, 1.807) is 13.8 Å². The number of benzene rings is 1. The summed E-state index contributed by atoms with van der Waals surface area (Å²) in [6, 6.07) is 3.74. The maximum absolute atomic E-state index is 12.6. The van der Waals surface area contributed by atoms with Crippen molar-refractivity contribution in [3.8, 4) is 0 Å². The van der Waals surface area contributed by atoms with E-state index < -0.39 is 23.1 Å². The summed E-state index contributed by atoms with van der Waals surface area (Å²) in [5, 5.41) is 9.12. The molecule has 0 fully saturated rings. The van der Waals surface area contributed by atoms with Gasteiger partial charge in [-0.1, -0.05) is 0 Å². The van der Waals surface area contributed by atoms with Crippen LogP contribution in [0.15, 0.2) is 23.1 Å². The summed E-state index contributed by atoms with van der Waals surface area (Å²) < 4.78 is 37.9. The van der Waals surface area contributed by atoms with Gasteiger partial charge in [-0.3, -0.25) is 4.79 Å². The number of rotatable bonds is 3. The molecule has 1 aromatic rings. The second-order valence-electron chi connectivity index (χ2n) is 5.66. The molecule has 110 valence electrons. The van der Waals surface area contributed by atoms with Gasteiger partial charge in [0, 0.05) is 10.1 Å². The van der Waals surface area contributed by atoms with E-state index >= 15 is 0 Å². The molecule has 1 aromatic carbocycles. The highest BCUT2D eigenvalue weighted by molar-refractivity contribution is 8.00. The molecule has 1 N–H and O–H groups in total. The van der Waals surface area contributed by atoms with Crippen molar-refractivity contribution in [2.24, 2.45) is 5.41 Å². The Morgan fingerprint density at radius 1 is 1.40 bits per heavy atom. The minimum atomic E-state index is -4.34. The van der Waals surface area contributed by atoms with Crippen molar-refractivity contribution in [1.29, 1.82) is 0 Å². The molecular weight excluding hydrogens is 289 g/mol. The maximum Gasteiger partial charge on any atom is 0.416 e. The second kappa shape index (κ2) is 4.98. The summed E-state index contributed by atoms with van der Waals surface area (Å²) >= 11 is 1.47. The SMILES string of the molecule is CC(C)(CC1Cc2cc(C(F)(F)F)ccc2S1)C(=O)O. The van der Waals surface area contributed by atoms with Crippen molar-refractivity contribution in [2.45, 2.75) is 43.0 Å². The van der Waals surface area contributed by atoms with E-state index in [1.165, 1.54) is 23.9 Å². The lowest BCUT2D eigenvalue weighted by atomic mass is 9.86. The average molecular weight is 304 g/mol. The minimum absolute atomic E-state index is 0.0135. The fourth-order valence-corrected chi connectivity index (χ4v) is 3.83. The first-order valence-electron chi connectivity index (χ1n) is 6.20. The highest BCUT2D eigenvalue weighted by Crippen LogP contribution is 2.44. The van der Waals surface area contributed by atoms with Crippen LogP contribution in [0.4, 0.5) is 13.2 Å². The normalized spacial score (nSPS) is 18.9. The van der Waals surface area contributed by atoms with Crippen molar-refractivity contribution >= 4 is 17.7 Å². The number of hydrogen-bond donors (Lipinski definition) is 1. The third-order valence-corrected chi connectivity index (χ3v) is 4.76. The van der Waals surface area contributed by atoms with Crippen LogP contribution in [0.2, 0.25) is 0 Å². The molecule has 0 bridgehead atoms. The number of alkyl halides is 3. The lowest BCUT2D eigenvalue weighted by Crippen LogP contribution is -2.27. The first kappa shape index (κ1) is 15.2. The van der Waals surface area contributed by atoms with E-state index in [0.717, 1.165) is 11.0 Å². The van der Waals surface area contributed by atoms with Crippen molar-refractivity contribution in [3.63, 3.8) is 0 Å². The lowest BCUT2D eigenvalue weighted by Gasteiger charge is -2.22.